The number of aromatic nitrogens is 3. The van der Waals surface area contributed by atoms with Crippen molar-refractivity contribution in [3.8, 4) is 17.3 Å². The molecule has 2 bridgehead atoms. The minimum Gasteiger partial charge on any atom is -0.463 e. The van der Waals surface area contributed by atoms with Crippen LogP contribution in [-0.4, -0.2) is 83.2 Å². The van der Waals surface area contributed by atoms with E-state index in [0.29, 0.717) is 85.3 Å². The summed E-state index contributed by atoms with van der Waals surface area (Å²) in [7, 11) is 0. The highest BCUT2D eigenvalue weighted by atomic mass is 19.4. The van der Waals surface area contributed by atoms with E-state index in [1.807, 2.05) is 12.1 Å². The van der Waals surface area contributed by atoms with Crippen LogP contribution >= 0.6 is 0 Å². The fourth-order valence-corrected chi connectivity index (χ4v) is 8.93. The van der Waals surface area contributed by atoms with E-state index in [1.54, 1.807) is 19.1 Å². The monoisotopic (exact) mass is 694 g/mol. The van der Waals surface area contributed by atoms with Gasteiger partial charge in [0, 0.05) is 55.3 Å². The van der Waals surface area contributed by atoms with Crippen LogP contribution in [0.2, 0.25) is 0 Å². The van der Waals surface area contributed by atoms with E-state index in [0.717, 1.165) is 49.7 Å². The summed E-state index contributed by atoms with van der Waals surface area (Å²) < 4.78 is 80.7. The van der Waals surface area contributed by atoms with Crippen molar-refractivity contribution in [2.75, 3.05) is 37.7 Å². The van der Waals surface area contributed by atoms with Crippen molar-refractivity contribution in [3.05, 3.63) is 53.2 Å². The second-order valence-corrected chi connectivity index (χ2v) is 15.0. The minimum absolute atomic E-state index is 0.102. The third-order valence-electron chi connectivity index (χ3n) is 11.7. The maximum absolute atomic E-state index is 17.0. The number of nitrogens with one attached hydrogen (secondary N) is 1. The topological polar surface area (TPSA) is 75.6 Å². The molecule has 3 saturated heterocycles. The minimum atomic E-state index is -4.62. The average molecular weight is 695 g/mol. The van der Waals surface area contributed by atoms with Crippen LogP contribution in [0.1, 0.15) is 56.2 Å². The van der Waals surface area contributed by atoms with E-state index < -0.39 is 18.3 Å². The molecule has 1 aliphatic carbocycles. The van der Waals surface area contributed by atoms with Gasteiger partial charge in [0.2, 0.25) is 0 Å². The number of piperazine rings is 1. The summed E-state index contributed by atoms with van der Waals surface area (Å²) in [5.41, 5.74) is 1.80. The number of alkyl halides is 3. The molecule has 1 saturated carbocycles. The van der Waals surface area contributed by atoms with Crippen LogP contribution in [-0.2, 0) is 11.2 Å². The normalized spacial score (nSPS) is 24.8. The van der Waals surface area contributed by atoms with E-state index in [-0.39, 0.29) is 34.5 Å². The van der Waals surface area contributed by atoms with Crippen LogP contribution in [0.15, 0.2) is 30.3 Å². The van der Waals surface area contributed by atoms with Gasteiger partial charge in [-0.05, 0) is 80.7 Å². The fraction of sp³-hybridized carbons (Fsp3) is 0.541. The number of piperidine rings is 1. The predicted molar refractivity (Wildman–Crippen MR) is 178 cm³/mol. The number of aryl methyl sites for hydroxylation is 2. The SMILES string of the molecule is Cc1c(F)ccc2cccc(-c3nc4c5c(nc(OCC6(CN7CCC(OC(F)(F)F)CC7)CC6)nc5c3F)N3C[C@@H]5CC[C@@H](N5)[C@H]3CC4)c12. The fourth-order valence-electron chi connectivity index (χ4n) is 8.93. The molecule has 0 radical (unpaired) electrons. The zero-order valence-electron chi connectivity index (χ0n) is 27.8. The number of halogens is 5. The summed E-state index contributed by atoms with van der Waals surface area (Å²) in [6, 6.07) is 9.52. The van der Waals surface area contributed by atoms with Crippen LogP contribution in [0.4, 0.5) is 27.8 Å². The largest absolute Gasteiger partial charge is 0.522 e. The number of anilines is 1. The lowest BCUT2D eigenvalue weighted by molar-refractivity contribution is -0.345. The molecule has 8 nitrogen and oxygen atoms in total. The van der Waals surface area contributed by atoms with Gasteiger partial charge in [0.15, 0.2) is 5.82 Å². The Kier molecular flexibility index (Phi) is 7.70. The molecule has 13 heteroatoms. The van der Waals surface area contributed by atoms with Crippen LogP contribution < -0.4 is 15.0 Å². The van der Waals surface area contributed by atoms with E-state index in [2.05, 4.69) is 19.9 Å². The molecular weight excluding hydrogens is 655 g/mol. The van der Waals surface area contributed by atoms with Gasteiger partial charge in [-0.2, -0.15) is 9.97 Å². The first kappa shape index (κ1) is 32.2. The third kappa shape index (κ3) is 5.75. The number of benzene rings is 2. The number of ether oxygens (including phenoxy) is 2. The lowest BCUT2D eigenvalue weighted by Gasteiger charge is -2.41. The number of likely N-dealkylation sites (tertiary alicyclic amines) is 1. The summed E-state index contributed by atoms with van der Waals surface area (Å²) in [5.74, 6) is -0.303. The second kappa shape index (κ2) is 11.9. The van der Waals surface area contributed by atoms with Crippen molar-refractivity contribution >= 4 is 27.5 Å². The molecule has 0 spiro atoms. The molecular formula is C37H39F5N6O2. The van der Waals surface area contributed by atoms with Crippen LogP contribution in [0.3, 0.4) is 0 Å². The molecule has 2 aromatic carbocycles. The molecule has 4 aromatic rings. The molecule has 9 rings (SSSR count). The summed E-state index contributed by atoms with van der Waals surface area (Å²) in [4.78, 5) is 19.2. The zero-order chi connectivity index (χ0) is 34.4. The van der Waals surface area contributed by atoms with Gasteiger partial charge in [0.1, 0.15) is 22.8 Å². The average Bonchev–Trinajstić information content (AvgIpc) is 3.79. The van der Waals surface area contributed by atoms with Gasteiger partial charge in [0.05, 0.1) is 23.8 Å². The molecule has 0 unspecified atom stereocenters. The Morgan fingerprint density at radius 1 is 0.960 bits per heavy atom. The van der Waals surface area contributed by atoms with Crippen molar-refractivity contribution in [1.29, 1.82) is 0 Å². The number of hydrogen-bond donors (Lipinski definition) is 1. The Bertz CT molecular complexity index is 1980. The first-order valence-corrected chi connectivity index (χ1v) is 17.7. The molecule has 1 N–H and O–H groups in total. The Labute approximate surface area is 286 Å². The van der Waals surface area contributed by atoms with Crippen LogP contribution in [0, 0.1) is 24.0 Å². The molecule has 50 heavy (non-hydrogen) atoms. The Balaban J connectivity index is 1.07. The molecule has 4 fully saturated rings. The van der Waals surface area contributed by atoms with E-state index in [9.17, 15) is 17.6 Å². The molecule has 5 aliphatic rings. The third-order valence-corrected chi connectivity index (χ3v) is 11.7. The summed E-state index contributed by atoms with van der Waals surface area (Å²) in [5, 5.41) is 5.79. The first-order chi connectivity index (χ1) is 24.0. The molecule has 2 aromatic heterocycles. The Morgan fingerprint density at radius 2 is 1.78 bits per heavy atom. The maximum Gasteiger partial charge on any atom is 0.522 e. The van der Waals surface area contributed by atoms with Gasteiger partial charge in [-0.25, -0.2) is 13.8 Å². The lowest BCUT2D eigenvalue weighted by Crippen LogP contribution is -2.58. The van der Waals surface area contributed by atoms with Crippen LogP contribution in [0.25, 0.3) is 32.9 Å². The number of hydrogen-bond acceptors (Lipinski definition) is 8. The highest BCUT2D eigenvalue weighted by molar-refractivity contribution is 6.01. The second-order valence-electron chi connectivity index (χ2n) is 15.0. The van der Waals surface area contributed by atoms with Gasteiger partial charge in [-0.1, -0.05) is 24.3 Å². The van der Waals surface area contributed by atoms with Gasteiger partial charge in [-0.3, -0.25) is 4.74 Å². The smallest absolute Gasteiger partial charge is 0.463 e. The highest BCUT2D eigenvalue weighted by Crippen LogP contribution is 2.48. The van der Waals surface area contributed by atoms with Crippen molar-refractivity contribution in [3.63, 3.8) is 0 Å². The van der Waals surface area contributed by atoms with Gasteiger partial charge in [-0.15, -0.1) is 13.2 Å². The Hall–Kier alpha value is -3.68. The van der Waals surface area contributed by atoms with Gasteiger partial charge >= 0.3 is 12.4 Å². The van der Waals surface area contributed by atoms with Crippen molar-refractivity contribution in [2.45, 2.75) is 88.9 Å². The van der Waals surface area contributed by atoms with E-state index >= 15 is 4.39 Å². The molecule has 3 atom stereocenters. The molecule has 264 valence electrons. The van der Waals surface area contributed by atoms with Crippen molar-refractivity contribution in [2.24, 2.45) is 5.41 Å². The van der Waals surface area contributed by atoms with Gasteiger partial charge in [0.25, 0.3) is 0 Å². The first-order valence-electron chi connectivity index (χ1n) is 17.7. The highest BCUT2D eigenvalue weighted by Gasteiger charge is 2.47. The summed E-state index contributed by atoms with van der Waals surface area (Å²) in [6.45, 7) is 4.50. The van der Waals surface area contributed by atoms with Crippen LogP contribution in [0.5, 0.6) is 6.01 Å². The molecule has 6 heterocycles. The van der Waals surface area contributed by atoms with E-state index in [4.69, 9.17) is 19.7 Å². The van der Waals surface area contributed by atoms with Crippen molar-refractivity contribution in [1.82, 2.24) is 25.2 Å². The van der Waals surface area contributed by atoms with Gasteiger partial charge < -0.3 is 19.9 Å². The molecule has 0 amide bonds. The number of fused-ring (bicyclic) bond motifs is 6. The summed E-state index contributed by atoms with van der Waals surface area (Å²) >= 11 is 0. The van der Waals surface area contributed by atoms with Crippen molar-refractivity contribution < 1.29 is 31.4 Å². The lowest BCUT2D eigenvalue weighted by atomic mass is 9.96. The zero-order valence-corrected chi connectivity index (χ0v) is 27.8. The summed E-state index contributed by atoms with van der Waals surface area (Å²) in [6.07, 6.45) is 0.622. The molecule has 4 aliphatic heterocycles. The quantitative estimate of drug-likeness (QED) is 0.211. The predicted octanol–water partition coefficient (Wildman–Crippen LogP) is 6.85. The number of rotatable bonds is 7. The maximum atomic E-state index is 17.0. The standard InChI is InChI=1S/C37H39F5N6O2/c1-20-25(38)7-5-21-3-2-4-24(29(20)21)32-31(39)33-30-27(44-32)9-10-28-26-8-6-22(43-26)17-48(28)34(30)46-35(45-33)49-19-36(13-14-36)18-47-15-11-23(12-16-47)50-37(40,41)42/h2-5,7,22-23,26,28,43H,6,8-19H2,1H3/t22-,26+,28+/m0/s1. The number of pyridine rings is 1. The Morgan fingerprint density at radius 3 is 2.56 bits per heavy atom. The van der Waals surface area contributed by atoms with E-state index in [1.165, 1.54) is 6.07 Å². The number of nitrogens with zero attached hydrogens (tertiary/aromatic N) is 5.